The second-order valence-electron chi connectivity index (χ2n) is 13.9. The highest BCUT2D eigenvalue weighted by molar-refractivity contribution is 6.24. The van der Waals surface area contributed by atoms with Gasteiger partial charge in [0.2, 0.25) is 0 Å². The molecule has 0 radical (unpaired) electrons. The minimum Gasteiger partial charge on any atom is -0.456 e. The van der Waals surface area contributed by atoms with Crippen LogP contribution in [0.15, 0.2) is 186 Å². The molecule has 0 atom stereocenters. The minimum absolute atomic E-state index is 0.911. The molecule has 0 unspecified atom stereocenters. The van der Waals surface area contributed by atoms with Gasteiger partial charge >= 0.3 is 0 Å². The monoisotopic (exact) mass is 660 g/mol. The fraction of sp³-hybridized carbons (Fsp3) is 0.0196. The lowest BCUT2D eigenvalue weighted by molar-refractivity contribution is 0.669. The van der Waals surface area contributed by atoms with E-state index in [1.165, 1.54) is 88.3 Å². The summed E-state index contributed by atoms with van der Waals surface area (Å²) in [5.74, 6) is 0. The molecule has 1 heteroatoms. The summed E-state index contributed by atoms with van der Waals surface area (Å²) in [4.78, 5) is 0. The number of fused-ring (bicyclic) bond motifs is 8. The lowest BCUT2D eigenvalue weighted by Crippen LogP contribution is -1.96. The third-order valence-corrected chi connectivity index (χ3v) is 11.1. The Balaban J connectivity index is 1.27. The Morgan fingerprint density at radius 2 is 0.827 bits per heavy atom. The molecule has 1 aliphatic rings. The van der Waals surface area contributed by atoms with E-state index in [0.717, 1.165) is 28.4 Å². The van der Waals surface area contributed by atoms with Crippen LogP contribution < -0.4 is 0 Å². The smallest absolute Gasteiger partial charge is 0.135 e. The van der Waals surface area contributed by atoms with Crippen molar-refractivity contribution in [3.8, 4) is 55.6 Å². The summed E-state index contributed by atoms with van der Waals surface area (Å²) in [6.45, 7) is 0. The van der Waals surface area contributed by atoms with Gasteiger partial charge in [0.25, 0.3) is 0 Å². The summed E-state index contributed by atoms with van der Waals surface area (Å²) in [7, 11) is 0. The molecule has 1 aliphatic carbocycles. The Hall–Kier alpha value is -6.70. The number of furan rings is 1. The Bertz CT molecular complexity index is 2980. The van der Waals surface area contributed by atoms with Crippen LogP contribution in [0.5, 0.6) is 0 Å². The molecule has 0 N–H and O–H groups in total. The Morgan fingerprint density at radius 3 is 1.60 bits per heavy atom. The number of rotatable bonds is 4. The summed E-state index contributed by atoms with van der Waals surface area (Å²) in [6.07, 6.45) is 0.962. The van der Waals surface area contributed by atoms with Crippen molar-refractivity contribution >= 4 is 43.5 Å². The van der Waals surface area contributed by atoms with Crippen molar-refractivity contribution in [1.82, 2.24) is 0 Å². The highest BCUT2D eigenvalue weighted by atomic mass is 16.3. The van der Waals surface area contributed by atoms with Crippen molar-refractivity contribution in [1.29, 1.82) is 0 Å². The summed E-state index contributed by atoms with van der Waals surface area (Å²) in [5.41, 5.74) is 17.3. The zero-order valence-electron chi connectivity index (χ0n) is 28.4. The van der Waals surface area contributed by atoms with Gasteiger partial charge < -0.3 is 4.42 Å². The lowest BCUT2D eigenvalue weighted by Gasteiger charge is -2.23. The van der Waals surface area contributed by atoms with E-state index >= 15 is 0 Å². The van der Waals surface area contributed by atoms with Gasteiger partial charge in [0.1, 0.15) is 11.2 Å². The van der Waals surface area contributed by atoms with E-state index < -0.39 is 0 Å². The van der Waals surface area contributed by atoms with Crippen LogP contribution in [0, 0.1) is 0 Å². The van der Waals surface area contributed by atoms with Gasteiger partial charge in [-0.2, -0.15) is 0 Å². The first kappa shape index (κ1) is 29.1. The summed E-state index contributed by atoms with van der Waals surface area (Å²) in [6, 6.07) is 66.6. The second-order valence-corrected chi connectivity index (χ2v) is 13.9. The van der Waals surface area contributed by atoms with Gasteiger partial charge in [0.15, 0.2) is 0 Å². The van der Waals surface area contributed by atoms with Crippen LogP contribution in [0.1, 0.15) is 11.1 Å². The topological polar surface area (TPSA) is 13.1 Å². The van der Waals surface area contributed by atoms with Gasteiger partial charge in [-0.15, -0.1) is 0 Å². The quantitative estimate of drug-likeness (QED) is 0.171. The first-order chi connectivity index (χ1) is 25.8. The van der Waals surface area contributed by atoms with Crippen LogP contribution >= 0.6 is 0 Å². The molecule has 0 amide bonds. The predicted molar refractivity (Wildman–Crippen MR) is 219 cm³/mol. The van der Waals surface area contributed by atoms with E-state index in [1.54, 1.807) is 0 Å². The molecule has 1 nitrogen and oxygen atoms in total. The maximum atomic E-state index is 6.26. The van der Waals surface area contributed by atoms with Crippen molar-refractivity contribution in [2.45, 2.75) is 6.42 Å². The van der Waals surface area contributed by atoms with E-state index in [-0.39, 0.29) is 0 Å². The molecule has 1 heterocycles. The molecule has 1 aromatic heterocycles. The van der Waals surface area contributed by atoms with Crippen molar-refractivity contribution in [2.24, 2.45) is 0 Å². The van der Waals surface area contributed by atoms with Crippen LogP contribution in [0.25, 0.3) is 99.1 Å². The second kappa shape index (κ2) is 11.4. The maximum Gasteiger partial charge on any atom is 0.135 e. The third-order valence-electron chi connectivity index (χ3n) is 11.1. The molecule has 242 valence electrons. The number of hydrogen-bond donors (Lipinski definition) is 0. The molecule has 0 saturated heterocycles. The molecular formula is C51H32O. The number of benzene rings is 9. The van der Waals surface area contributed by atoms with E-state index in [9.17, 15) is 0 Å². The van der Waals surface area contributed by atoms with Gasteiger partial charge in [0, 0.05) is 10.8 Å². The Morgan fingerprint density at radius 1 is 0.288 bits per heavy atom. The van der Waals surface area contributed by atoms with E-state index in [4.69, 9.17) is 4.42 Å². The summed E-state index contributed by atoms with van der Waals surface area (Å²) >= 11 is 0. The van der Waals surface area contributed by atoms with Gasteiger partial charge in [-0.05, 0) is 113 Å². The molecule has 0 aliphatic heterocycles. The van der Waals surface area contributed by atoms with Gasteiger partial charge in [-0.25, -0.2) is 0 Å². The number of para-hydroxylation sites is 1. The van der Waals surface area contributed by atoms with Crippen LogP contribution in [0.2, 0.25) is 0 Å². The van der Waals surface area contributed by atoms with Crippen molar-refractivity contribution in [2.75, 3.05) is 0 Å². The van der Waals surface area contributed by atoms with Crippen molar-refractivity contribution in [3.05, 3.63) is 193 Å². The molecule has 0 bridgehead atoms. The molecular weight excluding hydrogens is 629 g/mol. The molecule has 52 heavy (non-hydrogen) atoms. The largest absolute Gasteiger partial charge is 0.456 e. The van der Waals surface area contributed by atoms with Crippen LogP contribution in [0.4, 0.5) is 0 Å². The average Bonchev–Trinajstić information content (AvgIpc) is 3.78. The maximum absolute atomic E-state index is 6.26. The van der Waals surface area contributed by atoms with E-state index in [0.29, 0.717) is 0 Å². The molecule has 10 aromatic rings. The Kier molecular flexibility index (Phi) is 6.38. The van der Waals surface area contributed by atoms with Crippen LogP contribution in [-0.4, -0.2) is 0 Å². The van der Waals surface area contributed by atoms with E-state index in [2.05, 4.69) is 176 Å². The zero-order chi connectivity index (χ0) is 34.2. The SMILES string of the molecule is c1ccc(-c2cccc(-c3cccc4c3-c3ccccc3C4)c2-c2c3ccccc3c(-c3ccc4oc5ccccc5c4c3)c3ccccc23)cc1. The van der Waals surface area contributed by atoms with E-state index in [1.807, 2.05) is 6.07 Å². The summed E-state index contributed by atoms with van der Waals surface area (Å²) in [5, 5.41) is 7.24. The lowest BCUT2D eigenvalue weighted by atomic mass is 9.80. The fourth-order valence-electron chi connectivity index (χ4n) is 8.91. The first-order valence-corrected chi connectivity index (χ1v) is 18.1. The highest BCUT2D eigenvalue weighted by Gasteiger charge is 2.26. The predicted octanol–water partition coefficient (Wildman–Crippen LogP) is 14.1. The molecule has 0 fully saturated rings. The number of hydrogen-bond acceptors (Lipinski definition) is 1. The fourth-order valence-corrected chi connectivity index (χ4v) is 8.91. The minimum atomic E-state index is 0.911. The van der Waals surface area contributed by atoms with Crippen molar-refractivity contribution in [3.63, 3.8) is 0 Å². The first-order valence-electron chi connectivity index (χ1n) is 18.1. The van der Waals surface area contributed by atoms with Crippen LogP contribution in [-0.2, 0) is 6.42 Å². The zero-order valence-corrected chi connectivity index (χ0v) is 28.4. The van der Waals surface area contributed by atoms with Gasteiger partial charge in [0.05, 0.1) is 0 Å². The summed E-state index contributed by atoms with van der Waals surface area (Å²) < 4.78 is 6.26. The molecule has 0 spiro atoms. The highest BCUT2D eigenvalue weighted by Crippen LogP contribution is 2.52. The average molecular weight is 661 g/mol. The molecule has 9 aromatic carbocycles. The normalized spacial score (nSPS) is 12.2. The standard InChI is InChI=1S/C51H32O/c1-2-14-32(15-3-1)36-24-13-26-44(41-25-12-17-34-30-33-16-4-5-18-37(33)48(34)41)50(36)51-42-22-8-6-20-39(42)49(40-21-7-9-23-43(40)51)35-28-29-47-45(31-35)38-19-10-11-27-46(38)52-47/h1-29,31H,30H2. The van der Waals surface area contributed by atoms with Gasteiger partial charge in [-0.3, -0.25) is 0 Å². The third kappa shape index (κ3) is 4.30. The van der Waals surface area contributed by atoms with Gasteiger partial charge in [-0.1, -0.05) is 164 Å². The van der Waals surface area contributed by atoms with Crippen LogP contribution in [0.3, 0.4) is 0 Å². The van der Waals surface area contributed by atoms with Crippen molar-refractivity contribution < 1.29 is 4.42 Å². The Labute approximate surface area is 302 Å². The molecule has 11 rings (SSSR count). The molecule has 0 saturated carbocycles.